The molecule has 0 spiro atoms. The lowest BCUT2D eigenvalue weighted by atomic mass is 9.67. The highest BCUT2D eigenvalue weighted by atomic mass is 14.5. The largest absolute Gasteiger partial charge is 0.0873 e. The Morgan fingerprint density at radius 3 is 1.74 bits per heavy atom. The van der Waals surface area contributed by atoms with E-state index in [9.17, 15) is 0 Å². The Balaban J connectivity index is 2.50. The topological polar surface area (TPSA) is 0 Å². The van der Waals surface area contributed by atoms with Gasteiger partial charge in [0.2, 0.25) is 0 Å². The van der Waals surface area contributed by atoms with Crippen LogP contribution in [0.3, 0.4) is 0 Å². The van der Waals surface area contributed by atoms with E-state index in [1.807, 2.05) is 0 Å². The van der Waals surface area contributed by atoms with Crippen molar-refractivity contribution < 1.29 is 0 Å². The Bertz CT molecular complexity index is 770. The number of benzene rings is 2. The highest BCUT2D eigenvalue weighted by Crippen LogP contribution is 2.56. The minimum atomic E-state index is -0.177. The molecule has 0 nitrogen and oxygen atoms in total. The smallest absolute Gasteiger partial charge is 0.0667 e. The molecule has 23 heavy (non-hydrogen) atoms. The second kappa shape index (κ2) is 6.04. The zero-order chi connectivity index (χ0) is 16.4. The summed E-state index contributed by atoms with van der Waals surface area (Å²) in [6.07, 6.45) is 8.91. The Kier molecular flexibility index (Phi) is 4.09. The van der Waals surface area contributed by atoms with Crippen molar-refractivity contribution in [3.8, 4) is 11.1 Å². The van der Waals surface area contributed by atoms with Crippen molar-refractivity contribution in [3.63, 3.8) is 0 Å². The van der Waals surface area contributed by atoms with Crippen LogP contribution in [0.15, 0.2) is 84.0 Å². The highest BCUT2D eigenvalue weighted by molar-refractivity contribution is 5.86. The van der Waals surface area contributed by atoms with Gasteiger partial charge in [-0.05, 0) is 55.5 Å². The molecule has 0 bridgehead atoms. The molecular weight excluding hydrogens is 276 g/mol. The first-order valence-electron chi connectivity index (χ1n) is 8.34. The van der Waals surface area contributed by atoms with Crippen molar-refractivity contribution in [2.24, 2.45) is 0 Å². The number of fused-ring (bicyclic) bond motifs is 3. The van der Waals surface area contributed by atoms with Gasteiger partial charge < -0.3 is 0 Å². The molecule has 1 aliphatic rings. The van der Waals surface area contributed by atoms with Crippen molar-refractivity contribution in [1.82, 2.24) is 0 Å². The van der Waals surface area contributed by atoms with Crippen molar-refractivity contribution in [3.05, 3.63) is 95.1 Å². The summed E-state index contributed by atoms with van der Waals surface area (Å²) in [4.78, 5) is 0. The fourth-order valence-electron chi connectivity index (χ4n) is 4.03. The van der Waals surface area contributed by atoms with E-state index in [1.165, 1.54) is 33.4 Å². The first-order valence-corrected chi connectivity index (χ1v) is 8.34. The maximum atomic E-state index is 2.29. The summed E-state index contributed by atoms with van der Waals surface area (Å²) in [5.74, 6) is 0. The van der Waals surface area contributed by atoms with Gasteiger partial charge in [-0.1, -0.05) is 78.4 Å². The van der Waals surface area contributed by atoms with E-state index < -0.39 is 0 Å². The van der Waals surface area contributed by atoms with E-state index in [-0.39, 0.29) is 5.41 Å². The first kappa shape index (κ1) is 15.6. The normalized spacial score (nSPS) is 16.5. The number of hydrogen-bond acceptors (Lipinski definition) is 0. The molecule has 0 heteroatoms. The van der Waals surface area contributed by atoms with Gasteiger partial charge in [0.1, 0.15) is 0 Å². The predicted molar refractivity (Wildman–Crippen MR) is 101 cm³/mol. The maximum absolute atomic E-state index is 2.29. The van der Waals surface area contributed by atoms with Crippen molar-refractivity contribution in [1.29, 1.82) is 0 Å². The summed E-state index contributed by atoms with van der Waals surface area (Å²) in [7, 11) is 0. The summed E-state index contributed by atoms with van der Waals surface area (Å²) >= 11 is 0. The fraction of sp³-hybridized carbons (Fsp3) is 0.217. The third-order valence-corrected chi connectivity index (χ3v) is 5.07. The number of hydrogen-bond donors (Lipinski definition) is 0. The zero-order valence-electron chi connectivity index (χ0n) is 14.4. The summed E-state index contributed by atoms with van der Waals surface area (Å²) in [5, 5.41) is 0. The van der Waals surface area contributed by atoms with Gasteiger partial charge >= 0.3 is 0 Å². The Hall–Kier alpha value is -2.34. The van der Waals surface area contributed by atoms with Gasteiger partial charge in [-0.3, -0.25) is 0 Å². The molecule has 0 saturated carbocycles. The molecule has 0 saturated heterocycles. The van der Waals surface area contributed by atoms with Gasteiger partial charge in [0, 0.05) is 0 Å². The first-order chi connectivity index (χ1) is 11.2. The quantitative estimate of drug-likeness (QED) is 0.452. The van der Waals surface area contributed by atoms with E-state index in [4.69, 9.17) is 0 Å². The molecule has 2 aromatic rings. The molecule has 0 heterocycles. The minimum absolute atomic E-state index is 0.177. The van der Waals surface area contributed by atoms with E-state index >= 15 is 0 Å². The third-order valence-electron chi connectivity index (χ3n) is 5.07. The summed E-state index contributed by atoms with van der Waals surface area (Å²) in [6, 6.07) is 17.7. The maximum Gasteiger partial charge on any atom is 0.0667 e. The minimum Gasteiger partial charge on any atom is -0.0873 e. The van der Waals surface area contributed by atoms with Crippen LogP contribution >= 0.6 is 0 Å². The van der Waals surface area contributed by atoms with E-state index in [2.05, 4.69) is 101 Å². The lowest BCUT2D eigenvalue weighted by Gasteiger charge is -2.35. The van der Waals surface area contributed by atoms with Crippen LogP contribution in [0.5, 0.6) is 0 Å². The van der Waals surface area contributed by atoms with Gasteiger partial charge in [-0.15, -0.1) is 0 Å². The monoisotopic (exact) mass is 300 g/mol. The van der Waals surface area contributed by atoms with Crippen LogP contribution in [0.1, 0.15) is 38.8 Å². The SMILES string of the molecule is C/C=C\C(=C/C)C1(/C(C)=C/C)c2ccccc2-c2ccccc21. The molecule has 0 aliphatic heterocycles. The Morgan fingerprint density at radius 1 is 0.783 bits per heavy atom. The third kappa shape index (κ3) is 2.05. The van der Waals surface area contributed by atoms with Crippen molar-refractivity contribution in [2.45, 2.75) is 33.1 Å². The van der Waals surface area contributed by atoms with Crippen LogP contribution in [0.25, 0.3) is 11.1 Å². The van der Waals surface area contributed by atoms with Crippen LogP contribution in [0.4, 0.5) is 0 Å². The Labute approximate surface area is 139 Å². The molecule has 0 aromatic heterocycles. The van der Waals surface area contributed by atoms with Crippen LogP contribution < -0.4 is 0 Å². The van der Waals surface area contributed by atoms with Crippen molar-refractivity contribution in [2.75, 3.05) is 0 Å². The average molecular weight is 300 g/mol. The molecule has 1 aliphatic carbocycles. The fourth-order valence-corrected chi connectivity index (χ4v) is 4.03. The summed E-state index contributed by atoms with van der Waals surface area (Å²) in [5.41, 5.74) is 8.03. The summed E-state index contributed by atoms with van der Waals surface area (Å²) in [6.45, 7) is 8.63. The lowest BCUT2D eigenvalue weighted by Crippen LogP contribution is -2.29. The second-order valence-corrected chi connectivity index (χ2v) is 6.06. The van der Waals surface area contributed by atoms with Gasteiger partial charge in [0.05, 0.1) is 5.41 Å². The molecule has 0 N–H and O–H groups in total. The standard InChI is InChI=1S/C23H24/c1-5-12-18(7-3)23(17(4)6-2)21-15-10-8-13-19(21)20-14-9-11-16-22(20)23/h5-16H,1-4H3/b12-5-,17-6+,18-7+. The number of rotatable bonds is 3. The molecular formula is C23H24. The second-order valence-electron chi connectivity index (χ2n) is 6.06. The van der Waals surface area contributed by atoms with E-state index in [1.54, 1.807) is 0 Å². The molecule has 0 unspecified atom stereocenters. The molecule has 0 atom stereocenters. The van der Waals surface area contributed by atoms with E-state index in [0.29, 0.717) is 0 Å². The van der Waals surface area contributed by atoms with Gasteiger partial charge in [0.15, 0.2) is 0 Å². The Morgan fingerprint density at radius 2 is 1.30 bits per heavy atom. The molecule has 2 aromatic carbocycles. The molecule has 0 amide bonds. The lowest BCUT2D eigenvalue weighted by molar-refractivity contribution is 0.741. The molecule has 0 fully saturated rings. The predicted octanol–water partition coefficient (Wildman–Crippen LogP) is 6.44. The van der Waals surface area contributed by atoms with Crippen LogP contribution in [0, 0.1) is 0 Å². The molecule has 3 rings (SSSR count). The van der Waals surface area contributed by atoms with Gasteiger partial charge in [0.25, 0.3) is 0 Å². The van der Waals surface area contributed by atoms with E-state index in [0.717, 1.165) is 0 Å². The molecule has 116 valence electrons. The summed E-state index contributed by atoms with van der Waals surface area (Å²) < 4.78 is 0. The molecule has 0 radical (unpaired) electrons. The highest BCUT2D eigenvalue weighted by Gasteiger charge is 2.45. The number of allylic oxidation sites excluding steroid dienone is 6. The van der Waals surface area contributed by atoms with Gasteiger partial charge in [-0.25, -0.2) is 0 Å². The van der Waals surface area contributed by atoms with Gasteiger partial charge in [-0.2, -0.15) is 0 Å². The van der Waals surface area contributed by atoms with Crippen molar-refractivity contribution >= 4 is 0 Å². The van der Waals surface area contributed by atoms with Crippen LogP contribution in [0.2, 0.25) is 0 Å². The van der Waals surface area contributed by atoms with Crippen LogP contribution in [-0.4, -0.2) is 0 Å². The average Bonchev–Trinajstić information content (AvgIpc) is 2.91. The zero-order valence-corrected chi connectivity index (χ0v) is 14.4. The van der Waals surface area contributed by atoms with Crippen LogP contribution in [-0.2, 0) is 5.41 Å².